The van der Waals surface area contributed by atoms with Gasteiger partial charge in [-0.15, -0.1) is 0 Å². The third-order valence-electron chi connectivity index (χ3n) is 11.0. The maximum absolute atomic E-state index is 14.0. The van der Waals surface area contributed by atoms with E-state index in [2.05, 4.69) is 15.9 Å². The van der Waals surface area contributed by atoms with E-state index in [1.165, 1.54) is 0 Å². The minimum atomic E-state index is -1.50. The van der Waals surface area contributed by atoms with E-state index in [-0.39, 0.29) is 43.1 Å². The van der Waals surface area contributed by atoms with Crippen molar-refractivity contribution in [1.29, 1.82) is 0 Å². The molecule has 0 unspecified atom stereocenters. The van der Waals surface area contributed by atoms with Gasteiger partial charge in [-0.3, -0.25) is 0 Å². The summed E-state index contributed by atoms with van der Waals surface area (Å²) < 4.78 is 58.2. The van der Waals surface area contributed by atoms with Crippen molar-refractivity contribution in [2.45, 2.75) is 73.9 Å². The van der Waals surface area contributed by atoms with E-state index < -0.39 is 71.9 Å². The normalized spacial score (nSPS) is 23.9. The highest BCUT2D eigenvalue weighted by Gasteiger charge is 2.54. The molecule has 2 heterocycles. The summed E-state index contributed by atoms with van der Waals surface area (Å²) in [7, 11) is 0. The van der Waals surface area contributed by atoms with Gasteiger partial charge in [0.15, 0.2) is 24.6 Å². The molecule has 0 aliphatic carbocycles. The Morgan fingerprint density at radius 3 is 1.36 bits per heavy atom. The molecule has 0 saturated carbocycles. The highest BCUT2D eigenvalue weighted by molar-refractivity contribution is 9.09. The van der Waals surface area contributed by atoms with E-state index >= 15 is 0 Å². The summed E-state index contributed by atoms with van der Waals surface area (Å²) >= 11 is 3.76. The molecule has 8 rings (SSSR count). The lowest BCUT2D eigenvalue weighted by Gasteiger charge is -2.47. The molecule has 0 radical (unpaired) electrons. The Kier molecular flexibility index (Phi) is 16.5. The minimum Gasteiger partial charge on any atom is -0.452 e. The number of carbonyl (C=O) groups is 3. The molecule has 2 aliphatic rings. The predicted molar refractivity (Wildman–Crippen MR) is 245 cm³/mol. The molecule has 340 valence electrons. The molecule has 2 aliphatic heterocycles. The SMILES string of the molecule is O=C(O[C@@H]1[C@@H](OC(=O)c2ccccc2)[C@H](O[C@@H]2[C@@H](OCc3ccccc3)[C@H](OCc3ccccc3)[C@@H](COCc3ccccc3)O[C@@H]2Br)OC[C@H]1OC(=O)c1ccccc1)c1ccccc1. The molecule has 0 amide bonds. The molecule has 12 nitrogen and oxygen atoms in total. The number of benzene rings is 6. The van der Waals surface area contributed by atoms with Crippen molar-refractivity contribution in [3.05, 3.63) is 215 Å². The average Bonchev–Trinajstić information content (AvgIpc) is 3.37. The Morgan fingerprint density at radius 1 is 0.470 bits per heavy atom. The van der Waals surface area contributed by atoms with Crippen LogP contribution in [0.25, 0.3) is 0 Å². The Balaban J connectivity index is 1.14. The van der Waals surface area contributed by atoms with Crippen LogP contribution in [0.5, 0.6) is 0 Å². The van der Waals surface area contributed by atoms with Crippen molar-refractivity contribution in [1.82, 2.24) is 0 Å². The van der Waals surface area contributed by atoms with Gasteiger partial charge in [0.1, 0.15) is 29.4 Å². The number of alkyl halides is 1. The third kappa shape index (κ3) is 12.4. The molecule has 6 aromatic carbocycles. The maximum Gasteiger partial charge on any atom is 0.338 e. The van der Waals surface area contributed by atoms with E-state index in [0.29, 0.717) is 6.61 Å². The first kappa shape index (κ1) is 46.5. The van der Waals surface area contributed by atoms with Gasteiger partial charge in [0.05, 0.1) is 49.7 Å². The number of ether oxygens (including phenoxy) is 9. The van der Waals surface area contributed by atoms with Crippen LogP contribution in [-0.4, -0.2) is 85.2 Å². The molecule has 0 spiro atoms. The molecule has 2 saturated heterocycles. The summed E-state index contributed by atoms with van der Waals surface area (Å²) in [4.78, 5) is 41.6. The van der Waals surface area contributed by atoms with E-state index in [0.717, 1.165) is 16.7 Å². The summed E-state index contributed by atoms with van der Waals surface area (Å²) in [5.74, 6) is -2.22. The molecule has 0 N–H and O–H groups in total. The lowest BCUT2D eigenvalue weighted by Crippen LogP contribution is -2.64. The minimum absolute atomic E-state index is 0.136. The van der Waals surface area contributed by atoms with Gasteiger partial charge in [-0.25, -0.2) is 14.4 Å². The lowest BCUT2D eigenvalue weighted by atomic mass is 9.98. The molecular weight excluding hydrogens is 908 g/mol. The molecule has 66 heavy (non-hydrogen) atoms. The second kappa shape index (κ2) is 23.4. The number of carbonyl (C=O) groups excluding carboxylic acids is 3. The lowest BCUT2D eigenvalue weighted by molar-refractivity contribution is -0.321. The van der Waals surface area contributed by atoms with Crippen LogP contribution in [-0.2, 0) is 62.5 Å². The van der Waals surface area contributed by atoms with Gasteiger partial charge in [-0.05, 0) is 53.1 Å². The van der Waals surface area contributed by atoms with Crippen LogP contribution in [0.1, 0.15) is 47.8 Å². The van der Waals surface area contributed by atoms with Gasteiger partial charge < -0.3 is 42.6 Å². The summed E-state index contributed by atoms with van der Waals surface area (Å²) in [5, 5.41) is -0.867. The molecule has 6 aromatic rings. The highest BCUT2D eigenvalue weighted by Crippen LogP contribution is 2.36. The zero-order valence-electron chi connectivity index (χ0n) is 35.8. The highest BCUT2D eigenvalue weighted by atomic mass is 79.9. The van der Waals surface area contributed by atoms with Gasteiger partial charge in [-0.2, -0.15) is 0 Å². The van der Waals surface area contributed by atoms with E-state index in [4.69, 9.17) is 42.6 Å². The van der Waals surface area contributed by atoms with Crippen molar-refractivity contribution in [3.63, 3.8) is 0 Å². The average molecular weight is 958 g/mol. The molecule has 9 atom stereocenters. The van der Waals surface area contributed by atoms with Crippen molar-refractivity contribution >= 4 is 33.8 Å². The maximum atomic E-state index is 14.0. The van der Waals surface area contributed by atoms with Crippen molar-refractivity contribution in [2.75, 3.05) is 13.2 Å². The monoisotopic (exact) mass is 956 g/mol. The van der Waals surface area contributed by atoms with Gasteiger partial charge in [0.2, 0.25) is 0 Å². The summed E-state index contributed by atoms with van der Waals surface area (Å²) in [6, 6.07) is 54.2. The van der Waals surface area contributed by atoms with Gasteiger partial charge >= 0.3 is 17.9 Å². The van der Waals surface area contributed by atoms with Crippen LogP contribution < -0.4 is 0 Å². The Hall–Kier alpha value is -6.03. The Labute approximate surface area is 391 Å². The molecule has 0 aromatic heterocycles. The zero-order chi connectivity index (χ0) is 45.5. The van der Waals surface area contributed by atoms with Crippen LogP contribution >= 0.6 is 15.9 Å². The molecule has 0 bridgehead atoms. The fourth-order valence-corrected chi connectivity index (χ4v) is 8.33. The van der Waals surface area contributed by atoms with Crippen LogP contribution in [0.3, 0.4) is 0 Å². The number of hydrogen-bond acceptors (Lipinski definition) is 12. The number of hydrogen-bond donors (Lipinski definition) is 0. The fraction of sp³-hybridized carbons (Fsp3) is 0.264. The number of rotatable bonds is 18. The standard InChI is InChI=1S/C53H49BrO12/c54-49-47(46(60-33-38-23-11-3-12-24-38)44(59-32-37-21-9-2-10-22-37)42(62-49)34-58-31-36-19-7-1-8-20-36)66-53-48(65-52(57)41-29-17-6-18-30-41)45(64-51(56)40-27-15-5-16-28-40)43(35-61-53)63-50(55)39-25-13-4-14-26-39/h1-30,42-49,53H,31-35H2/t42-,43-,44-,45+,46+,47-,48-,49+,53+/m1/s1. The van der Waals surface area contributed by atoms with Crippen molar-refractivity contribution in [2.24, 2.45) is 0 Å². The smallest absolute Gasteiger partial charge is 0.338 e. The Bertz CT molecular complexity index is 2410. The first-order valence-corrected chi connectivity index (χ1v) is 22.6. The van der Waals surface area contributed by atoms with Gasteiger partial charge in [-0.1, -0.05) is 162 Å². The number of halogens is 1. The number of esters is 3. The first-order valence-electron chi connectivity index (χ1n) is 21.7. The van der Waals surface area contributed by atoms with Gasteiger partial charge in [0.25, 0.3) is 0 Å². The largest absolute Gasteiger partial charge is 0.452 e. The fourth-order valence-electron chi connectivity index (χ4n) is 7.63. The summed E-state index contributed by atoms with van der Waals surface area (Å²) in [6.07, 6.45) is -8.95. The third-order valence-corrected chi connectivity index (χ3v) is 11.7. The predicted octanol–water partition coefficient (Wildman–Crippen LogP) is 8.91. The zero-order valence-corrected chi connectivity index (χ0v) is 37.4. The van der Waals surface area contributed by atoms with Crippen molar-refractivity contribution in [3.8, 4) is 0 Å². The topological polar surface area (TPSA) is 134 Å². The summed E-state index contributed by atoms with van der Waals surface area (Å²) in [6.45, 7) is 0.531. The summed E-state index contributed by atoms with van der Waals surface area (Å²) in [5.41, 5.74) is 3.49. The van der Waals surface area contributed by atoms with Crippen molar-refractivity contribution < 1.29 is 57.0 Å². The van der Waals surface area contributed by atoms with Crippen LogP contribution in [0, 0.1) is 0 Å². The molecule has 13 heteroatoms. The Morgan fingerprint density at radius 2 is 0.879 bits per heavy atom. The van der Waals surface area contributed by atoms with E-state index in [1.807, 2.05) is 91.0 Å². The first-order chi connectivity index (χ1) is 32.4. The van der Waals surface area contributed by atoms with Crippen LogP contribution in [0.4, 0.5) is 0 Å². The molecular formula is C53H49BrO12. The quantitative estimate of drug-likeness (QED) is 0.0463. The van der Waals surface area contributed by atoms with Gasteiger partial charge in [0, 0.05) is 0 Å². The van der Waals surface area contributed by atoms with E-state index in [1.54, 1.807) is 91.0 Å². The second-order valence-electron chi connectivity index (χ2n) is 15.6. The molecule has 2 fully saturated rings. The second-order valence-corrected chi connectivity index (χ2v) is 16.5. The van der Waals surface area contributed by atoms with Crippen LogP contribution in [0.15, 0.2) is 182 Å². The van der Waals surface area contributed by atoms with Crippen LogP contribution in [0.2, 0.25) is 0 Å². The van der Waals surface area contributed by atoms with E-state index in [9.17, 15) is 14.4 Å².